The van der Waals surface area contributed by atoms with Gasteiger partial charge in [0.1, 0.15) is 17.7 Å². The number of nitrogens with one attached hydrogen (secondary N) is 1. The lowest BCUT2D eigenvalue weighted by molar-refractivity contribution is -0.167. The molecule has 1 N–H and O–H groups in total. The second kappa shape index (κ2) is 10.2. The van der Waals surface area contributed by atoms with Gasteiger partial charge in [-0.3, -0.25) is 19.2 Å². The SMILES string of the molecule is COC1(C(=O)N2CC(=O)C3C2CCN3C(=O)C(CC(C)C)NC(=O)c2ccc(N(C)C)cc2)CCC1. The van der Waals surface area contributed by atoms with E-state index < -0.39 is 17.7 Å². The summed E-state index contributed by atoms with van der Waals surface area (Å²) in [7, 11) is 5.40. The monoisotopic (exact) mass is 498 g/mol. The third-order valence-electron chi connectivity index (χ3n) is 7.86. The molecule has 2 aliphatic heterocycles. The zero-order valence-electron chi connectivity index (χ0n) is 22.0. The zero-order valence-corrected chi connectivity index (χ0v) is 22.0. The Kier molecular flexibility index (Phi) is 7.41. The number of amides is 3. The first-order valence-corrected chi connectivity index (χ1v) is 12.9. The third-order valence-corrected chi connectivity index (χ3v) is 7.86. The van der Waals surface area contributed by atoms with Crippen molar-refractivity contribution in [2.75, 3.05) is 39.2 Å². The highest BCUT2D eigenvalue weighted by Gasteiger charge is 2.56. The Morgan fingerprint density at radius 2 is 1.81 bits per heavy atom. The van der Waals surface area contributed by atoms with Crippen molar-refractivity contribution in [1.82, 2.24) is 15.1 Å². The molecule has 9 heteroatoms. The van der Waals surface area contributed by atoms with Crippen molar-refractivity contribution in [3.63, 3.8) is 0 Å². The number of Topliss-reactive ketones (excluding diaryl/α,β-unsaturated/α-hetero) is 1. The summed E-state index contributed by atoms with van der Waals surface area (Å²) in [5, 5.41) is 2.91. The van der Waals surface area contributed by atoms with Gasteiger partial charge in [-0.05, 0) is 62.3 Å². The predicted octanol–water partition coefficient (Wildman–Crippen LogP) is 1.85. The van der Waals surface area contributed by atoms with E-state index in [0.29, 0.717) is 37.8 Å². The van der Waals surface area contributed by atoms with Crippen molar-refractivity contribution < 1.29 is 23.9 Å². The van der Waals surface area contributed by atoms with E-state index in [2.05, 4.69) is 5.32 Å². The molecule has 2 saturated heterocycles. The van der Waals surface area contributed by atoms with Crippen molar-refractivity contribution >= 4 is 29.2 Å². The molecule has 0 bridgehead atoms. The van der Waals surface area contributed by atoms with Crippen molar-refractivity contribution in [1.29, 1.82) is 0 Å². The molecule has 2 heterocycles. The fourth-order valence-corrected chi connectivity index (χ4v) is 5.65. The quantitative estimate of drug-likeness (QED) is 0.587. The van der Waals surface area contributed by atoms with Crippen LogP contribution in [0.2, 0.25) is 0 Å². The number of ketones is 1. The van der Waals surface area contributed by atoms with Gasteiger partial charge in [0, 0.05) is 39.0 Å². The Morgan fingerprint density at radius 3 is 2.33 bits per heavy atom. The summed E-state index contributed by atoms with van der Waals surface area (Å²) in [6.45, 7) is 4.37. The van der Waals surface area contributed by atoms with Crippen molar-refractivity contribution in [2.24, 2.45) is 5.92 Å². The normalized spacial score (nSPS) is 23.3. The average molecular weight is 499 g/mol. The number of likely N-dealkylation sites (tertiary alicyclic amines) is 2. The number of hydrogen-bond acceptors (Lipinski definition) is 6. The highest BCUT2D eigenvalue weighted by Crippen LogP contribution is 2.40. The lowest BCUT2D eigenvalue weighted by Crippen LogP contribution is -2.56. The van der Waals surface area contributed by atoms with Crippen molar-refractivity contribution in [2.45, 2.75) is 69.7 Å². The van der Waals surface area contributed by atoms with E-state index in [1.54, 1.807) is 29.0 Å². The Morgan fingerprint density at radius 1 is 1.14 bits per heavy atom. The standard InChI is InChI=1S/C27H38N4O5/c1-17(2)15-20(28-24(33)18-7-9-19(10-8-18)29(3)4)25(34)30-14-11-21-23(30)22(32)16-31(21)26(35)27(36-5)12-6-13-27/h7-10,17,20-21,23H,6,11-16H2,1-5H3,(H,28,33). The van der Waals surface area contributed by atoms with Crippen molar-refractivity contribution in [3.8, 4) is 0 Å². The van der Waals surface area contributed by atoms with Gasteiger partial charge in [-0.2, -0.15) is 0 Å². The Hall–Kier alpha value is -2.94. The largest absolute Gasteiger partial charge is 0.378 e. The number of methoxy groups -OCH3 is 1. The first kappa shape index (κ1) is 26.1. The average Bonchev–Trinajstić information content (AvgIpc) is 3.38. The van der Waals surface area contributed by atoms with Crippen LogP contribution >= 0.6 is 0 Å². The van der Waals surface area contributed by atoms with Crippen LogP contribution in [0.5, 0.6) is 0 Å². The summed E-state index contributed by atoms with van der Waals surface area (Å²) in [5.74, 6) is -0.691. The minimum atomic E-state index is -0.830. The molecule has 4 rings (SSSR count). The summed E-state index contributed by atoms with van der Waals surface area (Å²) >= 11 is 0. The number of benzene rings is 1. The van der Waals surface area contributed by atoms with E-state index in [0.717, 1.165) is 12.1 Å². The van der Waals surface area contributed by atoms with Crippen LogP contribution in [0.1, 0.15) is 56.3 Å². The van der Waals surface area contributed by atoms with Gasteiger partial charge in [-0.25, -0.2) is 0 Å². The molecule has 1 aliphatic carbocycles. The van der Waals surface area contributed by atoms with Crippen LogP contribution in [-0.4, -0.2) is 91.3 Å². The summed E-state index contributed by atoms with van der Waals surface area (Å²) in [6, 6.07) is 5.44. The molecule has 1 aromatic rings. The van der Waals surface area contributed by atoms with E-state index in [4.69, 9.17) is 4.74 Å². The van der Waals surface area contributed by atoms with E-state index in [1.807, 2.05) is 45.0 Å². The number of fused-ring (bicyclic) bond motifs is 1. The maximum Gasteiger partial charge on any atom is 0.255 e. The van der Waals surface area contributed by atoms with E-state index >= 15 is 0 Å². The molecule has 0 spiro atoms. The fourth-order valence-electron chi connectivity index (χ4n) is 5.65. The lowest BCUT2D eigenvalue weighted by atomic mass is 9.78. The van der Waals surface area contributed by atoms with E-state index in [-0.39, 0.29) is 42.0 Å². The van der Waals surface area contributed by atoms with Crippen LogP contribution in [0.4, 0.5) is 5.69 Å². The zero-order chi connectivity index (χ0) is 26.2. The van der Waals surface area contributed by atoms with Gasteiger partial charge < -0.3 is 24.8 Å². The number of carbonyl (C=O) groups is 4. The Bertz CT molecular complexity index is 1010. The molecule has 3 amide bonds. The number of rotatable bonds is 8. The minimum Gasteiger partial charge on any atom is -0.378 e. The van der Waals surface area contributed by atoms with Gasteiger partial charge in [0.2, 0.25) is 5.91 Å². The molecule has 3 atom stereocenters. The number of nitrogens with zero attached hydrogens (tertiary/aromatic N) is 3. The number of ether oxygens (including phenoxy) is 1. The van der Waals surface area contributed by atoms with E-state index in [1.165, 1.54) is 0 Å². The molecule has 0 aromatic heterocycles. The minimum absolute atomic E-state index is 0.00247. The molecule has 3 aliphatic rings. The number of anilines is 1. The summed E-state index contributed by atoms with van der Waals surface area (Å²) < 4.78 is 5.56. The van der Waals surface area contributed by atoms with Gasteiger partial charge in [0.25, 0.3) is 11.8 Å². The first-order chi connectivity index (χ1) is 17.1. The first-order valence-electron chi connectivity index (χ1n) is 12.9. The van der Waals surface area contributed by atoms with E-state index in [9.17, 15) is 19.2 Å². The predicted molar refractivity (Wildman–Crippen MR) is 136 cm³/mol. The van der Waals surface area contributed by atoms with Crippen LogP contribution in [0.3, 0.4) is 0 Å². The number of carbonyl (C=O) groups excluding carboxylic acids is 4. The summed E-state index contributed by atoms with van der Waals surface area (Å²) in [6.07, 6.45) is 3.24. The highest BCUT2D eigenvalue weighted by atomic mass is 16.5. The van der Waals surface area contributed by atoms with Crippen LogP contribution in [0, 0.1) is 5.92 Å². The molecule has 0 radical (unpaired) electrons. The molecule has 3 fully saturated rings. The molecule has 3 unspecified atom stereocenters. The van der Waals surface area contributed by atoms with Gasteiger partial charge >= 0.3 is 0 Å². The molecule has 36 heavy (non-hydrogen) atoms. The molecular weight excluding hydrogens is 460 g/mol. The number of hydrogen-bond donors (Lipinski definition) is 1. The molecular formula is C27H38N4O5. The van der Waals surface area contributed by atoms with Crippen molar-refractivity contribution in [3.05, 3.63) is 29.8 Å². The fraction of sp³-hybridized carbons (Fsp3) is 0.630. The van der Waals surface area contributed by atoms with Crippen LogP contribution in [-0.2, 0) is 19.1 Å². The van der Waals surface area contributed by atoms with Crippen LogP contribution in [0.15, 0.2) is 24.3 Å². The van der Waals surface area contributed by atoms with Crippen LogP contribution < -0.4 is 10.2 Å². The third kappa shape index (κ3) is 4.73. The maximum absolute atomic E-state index is 13.7. The second-order valence-electron chi connectivity index (χ2n) is 10.9. The Labute approximate surface area is 213 Å². The molecule has 9 nitrogen and oxygen atoms in total. The van der Waals surface area contributed by atoms with Gasteiger partial charge in [0.05, 0.1) is 12.6 Å². The smallest absolute Gasteiger partial charge is 0.255 e. The molecule has 1 aromatic carbocycles. The van der Waals surface area contributed by atoms with Gasteiger partial charge in [0.15, 0.2) is 5.78 Å². The lowest BCUT2D eigenvalue weighted by Gasteiger charge is -2.42. The molecule has 1 saturated carbocycles. The maximum atomic E-state index is 13.7. The van der Waals surface area contributed by atoms with Crippen LogP contribution in [0.25, 0.3) is 0 Å². The van der Waals surface area contributed by atoms with Gasteiger partial charge in [-0.1, -0.05) is 13.8 Å². The Balaban J connectivity index is 1.49. The summed E-state index contributed by atoms with van der Waals surface area (Å²) in [4.78, 5) is 58.2. The molecule has 196 valence electrons. The van der Waals surface area contributed by atoms with Gasteiger partial charge in [-0.15, -0.1) is 0 Å². The summed E-state index contributed by atoms with van der Waals surface area (Å²) in [5.41, 5.74) is 0.615. The topological polar surface area (TPSA) is 99.3 Å². The second-order valence-corrected chi connectivity index (χ2v) is 10.9. The highest BCUT2D eigenvalue weighted by molar-refractivity contribution is 6.01.